The van der Waals surface area contributed by atoms with Gasteiger partial charge in [-0.25, -0.2) is 0 Å². The number of carbonyl (C=O) groups is 2. The molecule has 5 fully saturated rings. The maximum Gasteiger partial charge on any atom is 0.259 e. The van der Waals surface area contributed by atoms with Crippen LogP contribution in [-0.2, 0) is 4.79 Å². The summed E-state index contributed by atoms with van der Waals surface area (Å²) in [6.07, 6.45) is 7.38. The first-order chi connectivity index (χ1) is 12.9. The molecule has 4 bridgehead atoms. The number of piperazine rings is 1. The van der Waals surface area contributed by atoms with E-state index in [1.807, 2.05) is 9.80 Å². The third-order valence-electron chi connectivity index (χ3n) is 7.59. The fourth-order valence-electron chi connectivity index (χ4n) is 6.77. The molecule has 2 amide bonds. The minimum atomic E-state index is -0.0808. The monoisotopic (exact) mass is 371 g/mol. The van der Waals surface area contributed by atoms with Crippen molar-refractivity contribution in [3.63, 3.8) is 0 Å². The summed E-state index contributed by atoms with van der Waals surface area (Å²) in [5.74, 6) is 3.27. The average Bonchev–Trinajstić information content (AvgIpc) is 2.98. The fourth-order valence-corrected chi connectivity index (χ4v) is 6.77. The van der Waals surface area contributed by atoms with Gasteiger partial charge in [0.1, 0.15) is 11.3 Å². The second-order valence-corrected chi connectivity index (χ2v) is 9.48. The Labute approximate surface area is 160 Å². The van der Waals surface area contributed by atoms with Crippen molar-refractivity contribution >= 4 is 11.8 Å². The van der Waals surface area contributed by atoms with Gasteiger partial charge in [-0.3, -0.25) is 9.59 Å². The van der Waals surface area contributed by atoms with Crippen molar-refractivity contribution in [3.8, 4) is 0 Å². The van der Waals surface area contributed by atoms with E-state index in [-0.39, 0.29) is 11.3 Å². The van der Waals surface area contributed by atoms with E-state index in [2.05, 4.69) is 5.16 Å². The van der Waals surface area contributed by atoms with Crippen LogP contribution >= 0.6 is 0 Å². The number of rotatable bonds is 2. The lowest BCUT2D eigenvalue weighted by molar-refractivity contribution is -0.159. The third-order valence-corrected chi connectivity index (χ3v) is 7.59. The number of nitrogens with zero attached hydrogens (tertiary/aromatic N) is 3. The molecule has 0 unspecified atom stereocenters. The van der Waals surface area contributed by atoms with Crippen molar-refractivity contribution in [3.05, 3.63) is 17.0 Å². The number of aryl methyl sites for hydroxylation is 2. The lowest BCUT2D eigenvalue weighted by atomic mass is 9.49. The van der Waals surface area contributed by atoms with Crippen molar-refractivity contribution in [2.45, 2.75) is 52.4 Å². The van der Waals surface area contributed by atoms with Gasteiger partial charge in [-0.05, 0) is 70.1 Å². The molecule has 2 heterocycles. The molecule has 6 nitrogen and oxygen atoms in total. The number of aromatic nitrogens is 1. The standard InChI is InChI=1S/C21H29N3O3/c1-13-18(14(2)27-22-13)19(25)23-3-5-24(6-4-23)20(26)21-10-15-7-16(11-21)9-17(8-15)12-21/h15-17H,3-12H2,1-2H3. The van der Waals surface area contributed by atoms with E-state index >= 15 is 0 Å². The quantitative estimate of drug-likeness (QED) is 0.802. The minimum absolute atomic E-state index is 0.0202. The molecule has 5 aliphatic rings. The van der Waals surface area contributed by atoms with Crippen LogP contribution in [0.4, 0.5) is 0 Å². The third kappa shape index (κ3) is 2.71. The zero-order valence-corrected chi connectivity index (χ0v) is 16.4. The molecule has 1 aromatic rings. The van der Waals surface area contributed by atoms with E-state index in [1.54, 1.807) is 13.8 Å². The van der Waals surface area contributed by atoms with Gasteiger partial charge >= 0.3 is 0 Å². The summed E-state index contributed by atoms with van der Waals surface area (Å²) in [5.41, 5.74) is 1.14. The lowest BCUT2D eigenvalue weighted by Crippen LogP contribution is -2.58. The van der Waals surface area contributed by atoms with Gasteiger partial charge in [-0.1, -0.05) is 5.16 Å². The molecule has 1 aliphatic heterocycles. The van der Waals surface area contributed by atoms with Gasteiger partial charge in [0, 0.05) is 26.2 Å². The summed E-state index contributed by atoms with van der Waals surface area (Å²) >= 11 is 0. The van der Waals surface area contributed by atoms with Crippen LogP contribution in [0.15, 0.2) is 4.52 Å². The number of hydrogen-bond acceptors (Lipinski definition) is 4. The van der Waals surface area contributed by atoms with Crippen LogP contribution in [0.3, 0.4) is 0 Å². The van der Waals surface area contributed by atoms with Crippen molar-refractivity contribution in [1.29, 1.82) is 0 Å². The lowest BCUT2D eigenvalue weighted by Gasteiger charge is -2.57. The molecule has 1 aromatic heterocycles. The Balaban J connectivity index is 1.26. The Morgan fingerprint density at radius 1 is 0.926 bits per heavy atom. The predicted octanol–water partition coefficient (Wildman–Crippen LogP) is 2.79. The summed E-state index contributed by atoms with van der Waals surface area (Å²) in [5, 5.41) is 3.89. The largest absolute Gasteiger partial charge is 0.361 e. The second kappa shape index (κ2) is 6.08. The average molecular weight is 371 g/mol. The zero-order valence-electron chi connectivity index (χ0n) is 16.4. The fraction of sp³-hybridized carbons (Fsp3) is 0.762. The van der Waals surface area contributed by atoms with Crippen LogP contribution in [-0.4, -0.2) is 52.9 Å². The van der Waals surface area contributed by atoms with Crippen LogP contribution in [0.1, 0.15) is 60.3 Å². The SMILES string of the molecule is Cc1noc(C)c1C(=O)N1CCN(C(=O)C23CC4CC(CC(C4)C2)C3)CC1. The van der Waals surface area contributed by atoms with Gasteiger partial charge in [0.05, 0.1) is 11.1 Å². The molecule has 0 N–H and O–H groups in total. The molecule has 0 aromatic carbocycles. The highest BCUT2D eigenvalue weighted by Crippen LogP contribution is 2.60. The smallest absolute Gasteiger partial charge is 0.259 e. The molecule has 4 aliphatic carbocycles. The molecule has 6 heteroatoms. The molecule has 0 radical (unpaired) electrons. The number of hydrogen-bond donors (Lipinski definition) is 0. The summed E-state index contributed by atoms with van der Waals surface area (Å²) in [6.45, 7) is 6.07. The van der Waals surface area contributed by atoms with Crippen molar-refractivity contribution in [1.82, 2.24) is 15.0 Å². The molecule has 0 atom stereocenters. The van der Waals surface area contributed by atoms with Crippen LogP contribution < -0.4 is 0 Å². The van der Waals surface area contributed by atoms with E-state index in [1.165, 1.54) is 19.3 Å². The maximum absolute atomic E-state index is 13.5. The molecule has 0 spiro atoms. The maximum atomic E-state index is 13.5. The van der Waals surface area contributed by atoms with E-state index < -0.39 is 0 Å². The summed E-state index contributed by atoms with van der Waals surface area (Å²) in [6, 6.07) is 0. The predicted molar refractivity (Wildman–Crippen MR) is 99.1 cm³/mol. The van der Waals surface area contributed by atoms with Gasteiger partial charge in [0.25, 0.3) is 5.91 Å². The highest BCUT2D eigenvalue weighted by molar-refractivity contribution is 5.96. The van der Waals surface area contributed by atoms with Crippen molar-refractivity contribution in [2.75, 3.05) is 26.2 Å². The number of amides is 2. The topological polar surface area (TPSA) is 66.7 Å². The highest BCUT2D eigenvalue weighted by Gasteiger charge is 2.55. The molecule has 146 valence electrons. The first-order valence-corrected chi connectivity index (χ1v) is 10.5. The van der Waals surface area contributed by atoms with Crippen molar-refractivity contribution < 1.29 is 14.1 Å². The Morgan fingerprint density at radius 2 is 1.44 bits per heavy atom. The molecular formula is C21H29N3O3. The van der Waals surface area contributed by atoms with Gasteiger partial charge < -0.3 is 14.3 Å². The van der Waals surface area contributed by atoms with Gasteiger partial charge in [-0.15, -0.1) is 0 Å². The van der Waals surface area contributed by atoms with Crippen LogP contribution in [0, 0.1) is 37.0 Å². The van der Waals surface area contributed by atoms with E-state index in [0.717, 1.165) is 37.0 Å². The first kappa shape index (κ1) is 17.3. The van der Waals surface area contributed by atoms with E-state index in [9.17, 15) is 9.59 Å². The summed E-state index contributed by atoms with van der Waals surface area (Å²) in [7, 11) is 0. The number of carbonyl (C=O) groups excluding carboxylic acids is 2. The molecular weight excluding hydrogens is 342 g/mol. The molecule has 6 rings (SSSR count). The Morgan fingerprint density at radius 3 is 1.93 bits per heavy atom. The van der Waals surface area contributed by atoms with Crippen LogP contribution in [0.5, 0.6) is 0 Å². The molecule has 27 heavy (non-hydrogen) atoms. The van der Waals surface area contributed by atoms with Crippen LogP contribution in [0.2, 0.25) is 0 Å². The Kier molecular flexibility index (Phi) is 3.89. The highest BCUT2D eigenvalue weighted by atomic mass is 16.5. The van der Waals surface area contributed by atoms with Gasteiger partial charge in [0.15, 0.2) is 0 Å². The minimum Gasteiger partial charge on any atom is -0.361 e. The first-order valence-electron chi connectivity index (χ1n) is 10.5. The van der Waals surface area contributed by atoms with E-state index in [4.69, 9.17) is 4.52 Å². The zero-order chi connectivity index (χ0) is 18.8. The molecule has 4 saturated carbocycles. The summed E-state index contributed by atoms with van der Waals surface area (Å²) < 4.78 is 5.14. The Bertz CT molecular complexity index is 721. The Hall–Kier alpha value is -1.85. The second-order valence-electron chi connectivity index (χ2n) is 9.48. The normalized spacial score (nSPS) is 35.0. The van der Waals surface area contributed by atoms with Gasteiger partial charge in [0.2, 0.25) is 5.91 Å². The van der Waals surface area contributed by atoms with Crippen molar-refractivity contribution in [2.24, 2.45) is 23.2 Å². The van der Waals surface area contributed by atoms with E-state index in [0.29, 0.717) is 49.1 Å². The van der Waals surface area contributed by atoms with Crippen LogP contribution in [0.25, 0.3) is 0 Å². The summed E-state index contributed by atoms with van der Waals surface area (Å²) in [4.78, 5) is 30.2. The van der Waals surface area contributed by atoms with Gasteiger partial charge in [-0.2, -0.15) is 0 Å². The molecule has 1 saturated heterocycles.